The van der Waals surface area contributed by atoms with E-state index >= 15 is 0 Å². The van der Waals surface area contributed by atoms with Gasteiger partial charge in [-0.15, -0.1) is 0 Å². The van der Waals surface area contributed by atoms with Gasteiger partial charge in [0, 0.05) is 24.4 Å². The topological polar surface area (TPSA) is 60.4 Å². The van der Waals surface area contributed by atoms with Crippen LogP contribution in [0.4, 0.5) is 4.79 Å². The Morgan fingerprint density at radius 3 is 2.27 bits per heavy atom. The zero-order valence-electron chi connectivity index (χ0n) is 21.3. The lowest BCUT2D eigenvalue weighted by Crippen LogP contribution is -2.46. The van der Waals surface area contributed by atoms with Crippen LogP contribution in [0.3, 0.4) is 0 Å². The zero-order valence-corrected chi connectivity index (χ0v) is 21.3. The van der Waals surface area contributed by atoms with E-state index in [0.717, 1.165) is 41.6 Å². The highest BCUT2D eigenvalue weighted by molar-refractivity contribution is 6.62. The van der Waals surface area contributed by atoms with Crippen LogP contribution in [-0.2, 0) is 14.0 Å². The number of aliphatic imine (C=N–C) groups is 1. The molecule has 0 bridgehead atoms. The van der Waals surface area contributed by atoms with Crippen molar-refractivity contribution in [2.24, 2.45) is 4.99 Å². The number of likely N-dealkylation sites (tertiary alicyclic amines) is 1. The van der Waals surface area contributed by atoms with Gasteiger partial charge in [0.05, 0.1) is 17.2 Å². The van der Waals surface area contributed by atoms with Crippen LogP contribution >= 0.6 is 0 Å². The van der Waals surface area contributed by atoms with Crippen molar-refractivity contribution in [3.63, 3.8) is 0 Å². The molecule has 0 N–H and O–H groups in total. The van der Waals surface area contributed by atoms with Crippen LogP contribution in [0.15, 0.2) is 35.5 Å². The standard InChI is InChI=1S/C26H37BN2O4/c1-17-9-14-22(29(17)23(30)31-24(2,3)4)21-15-19(16-28-21)18-10-12-20(13-11-18)27-32-25(5,6)26(7,8)33-27/h10-13,16-17,22H,9,14-15H2,1-8H3/t17-,22-/m0/s1. The first-order chi connectivity index (χ1) is 15.3. The Balaban J connectivity index is 1.42. The number of hydrogen-bond donors (Lipinski definition) is 0. The maximum atomic E-state index is 12.9. The van der Waals surface area contributed by atoms with Crippen molar-refractivity contribution in [1.29, 1.82) is 0 Å². The van der Waals surface area contributed by atoms with Gasteiger partial charge < -0.3 is 14.0 Å². The van der Waals surface area contributed by atoms with Crippen LogP contribution in [-0.4, -0.2) is 52.7 Å². The molecule has 178 valence electrons. The second kappa shape index (κ2) is 8.28. The first kappa shape index (κ1) is 24.0. The summed E-state index contributed by atoms with van der Waals surface area (Å²) in [5.41, 5.74) is 3.12. The molecule has 33 heavy (non-hydrogen) atoms. The number of carbonyl (C=O) groups is 1. The van der Waals surface area contributed by atoms with Gasteiger partial charge in [0.15, 0.2) is 0 Å². The molecule has 3 heterocycles. The Kier molecular flexibility index (Phi) is 6.03. The highest BCUT2D eigenvalue weighted by Crippen LogP contribution is 2.37. The zero-order chi connectivity index (χ0) is 24.2. The van der Waals surface area contributed by atoms with Crippen molar-refractivity contribution in [2.45, 2.75) is 104 Å². The molecule has 2 saturated heterocycles. The van der Waals surface area contributed by atoms with E-state index in [9.17, 15) is 4.79 Å². The fourth-order valence-corrected chi connectivity index (χ4v) is 4.59. The number of allylic oxidation sites excluding steroid dienone is 1. The summed E-state index contributed by atoms with van der Waals surface area (Å²) in [4.78, 5) is 19.5. The van der Waals surface area contributed by atoms with Gasteiger partial charge in [0.2, 0.25) is 0 Å². The monoisotopic (exact) mass is 452 g/mol. The van der Waals surface area contributed by atoms with Crippen molar-refractivity contribution in [3.05, 3.63) is 36.0 Å². The minimum absolute atomic E-state index is 0.00683. The SMILES string of the molecule is C[C@H]1CC[C@@H](C2=NC=C(c3ccc(B4OC(C)(C)C(C)(C)O4)cc3)C2)N1C(=O)OC(C)(C)C. The van der Waals surface area contributed by atoms with E-state index in [1.54, 1.807) is 0 Å². The van der Waals surface area contributed by atoms with Crippen LogP contribution in [0, 0.1) is 0 Å². The molecule has 1 amide bonds. The van der Waals surface area contributed by atoms with Crippen molar-refractivity contribution < 1.29 is 18.8 Å². The molecule has 0 aliphatic carbocycles. The summed E-state index contributed by atoms with van der Waals surface area (Å²) in [6.45, 7) is 16.0. The largest absolute Gasteiger partial charge is 0.494 e. The van der Waals surface area contributed by atoms with E-state index in [-0.39, 0.29) is 36.5 Å². The third kappa shape index (κ3) is 4.76. The van der Waals surface area contributed by atoms with Crippen LogP contribution < -0.4 is 5.46 Å². The molecular formula is C26H37BN2O4. The number of benzene rings is 1. The van der Waals surface area contributed by atoms with Crippen molar-refractivity contribution in [2.75, 3.05) is 0 Å². The first-order valence-corrected chi connectivity index (χ1v) is 12.0. The highest BCUT2D eigenvalue weighted by Gasteiger charge is 2.51. The average molecular weight is 452 g/mol. The van der Waals surface area contributed by atoms with E-state index in [1.807, 2.05) is 31.9 Å². The van der Waals surface area contributed by atoms with E-state index in [4.69, 9.17) is 19.0 Å². The number of rotatable bonds is 3. The Morgan fingerprint density at radius 2 is 1.70 bits per heavy atom. The third-order valence-electron chi connectivity index (χ3n) is 7.22. The molecule has 6 nitrogen and oxygen atoms in total. The van der Waals surface area contributed by atoms with E-state index in [2.05, 4.69) is 58.9 Å². The van der Waals surface area contributed by atoms with Crippen LogP contribution in [0.25, 0.3) is 5.57 Å². The molecule has 2 atom stereocenters. The van der Waals surface area contributed by atoms with Crippen LogP contribution in [0.5, 0.6) is 0 Å². The lowest BCUT2D eigenvalue weighted by molar-refractivity contribution is 0.00578. The molecule has 0 radical (unpaired) electrons. The lowest BCUT2D eigenvalue weighted by Gasteiger charge is -2.32. The summed E-state index contributed by atoms with van der Waals surface area (Å²) >= 11 is 0. The molecule has 7 heteroatoms. The Bertz CT molecular complexity index is 959. The molecule has 0 aromatic heterocycles. The molecular weight excluding hydrogens is 415 g/mol. The predicted octanol–water partition coefficient (Wildman–Crippen LogP) is 4.96. The third-order valence-corrected chi connectivity index (χ3v) is 7.22. The number of carbonyl (C=O) groups excluding carboxylic acids is 1. The van der Waals surface area contributed by atoms with Crippen LogP contribution in [0.1, 0.15) is 80.2 Å². The average Bonchev–Trinajstić information content (AvgIpc) is 3.37. The maximum Gasteiger partial charge on any atom is 0.494 e. The van der Waals surface area contributed by atoms with Gasteiger partial charge in [-0.25, -0.2) is 4.79 Å². The van der Waals surface area contributed by atoms with E-state index in [0.29, 0.717) is 0 Å². The molecule has 0 spiro atoms. The molecule has 3 aliphatic rings. The smallest absolute Gasteiger partial charge is 0.444 e. The van der Waals surface area contributed by atoms with Gasteiger partial charge in [0.1, 0.15) is 5.60 Å². The van der Waals surface area contributed by atoms with Gasteiger partial charge in [-0.05, 0) is 84.8 Å². The van der Waals surface area contributed by atoms with Gasteiger partial charge in [0.25, 0.3) is 0 Å². The Labute approximate surface area is 198 Å². The Hall–Kier alpha value is -2.12. The fraction of sp³-hybridized carbons (Fsp3) is 0.615. The maximum absolute atomic E-state index is 12.9. The van der Waals surface area contributed by atoms with E-state index < -0.39 is 5.60 Å². The highest BCUT2D eigenvalue weighted by atomic mass is 16.7. The van der Waals surface area contributed by atoms with Gasteiger partial charge in [-0.2, -0.15) is 0 Å². The molecule has 0 unspecified atom stereocenters. The molecule has 3 aliphatic heterocycles. The van der Waals surface area contributed by atoms with Crippen LogP contribution in [0.2, 0.25) is 0 Å². The summed E-state index contributed by atoms with van der Waals surface area (Å²) in [6, 6.07) is 8.49. The lowest BCUT2D eigenvalue weighted by atomic mass is 9.78. The fourth-order valence-electron chi connectivity index (χ4n) is 4.59. The second-order valence-corrected chi connectivity index (χ2v) is 11.5. The molecule has 1 aromatic rings. The molecule has 4 rings (SSSR count). The van der Waals surface area contributed by atoms with Crippen molar-refractivity contribution in [1.82, 2.24) is 4.90 Å². The summed E-state index contributed by atoms with van der Waals surface area (Å²) in [5.74, 6) is 0. The minimum Gasteiger partial charge on any atom is -0.444 e. The summed E-state index contributed by atoms with van der Waals surface area (Å²) in [7, 11) is -0.365. The molecule has 0 saturated carbocycles. The van der Waals surface area contributed by atoms with Crippen molar-refractivity contribution >= 4 is 30.0 Å². The predicted molar refractivity (Wildman–Crippen MR) is 133 cm³/mol. The number of amides is 1. The summed E-state index contributed by atoms with van der Waals surface area (Å²) < 4.78 is 18.0. The normalized spacial score (nSPS) is 26.4. The quantitative estimate of drug-likeness (QED) is 0.609. The number of hydrogen-bond acceptors (Lipinski definition) is 5. The van der Waals surface area contributed by atoms with Crippen molar-refractivity contribution in [3.8, 4) is 0 Å². The number of nitrogens with zero attached hydrogens (tertiary/aromatic N) is 2. The van der Waals surface area contributed by atoms with Gasteiger partial charge in [-0.1, -0.05) is 24.3 Å². The number of ether oxygens (including phenoxy) is 1. The molecule has 2 fully saturated rings. The second-order valence-electron chi connectivity index (χ2n) is 11.5. The molecule has 1 aromatic carbocycles. The minimum atomic E-state index is -0.510. The van der Waals surface area contributed by atoms with Gasteiger partial charge in [-0.3, -0.25) is 9.89 Å². The summed E-state index contributed by atoms with van der Waals surface area (Å²) in [5, 5.41) is 0. The summed E-state index contributed by atoms with van der Waals surface area (Å²) in [6.07, 6.45) is 4.31. The first-order valence-electron chi connectivity index (χ1n) is 12.0. The Morgan fingerprint density at radius 1 is 1.09 bits per heavy atom. The van der Waals surface area contributed by atoms with E-state index in [1.165, 1.54) is 0 Å². The van der Waals surface area contributed by atoms with Gasteiger partial charge >= 0.3 is 13.2 Å².